The summed E-state index contributed by atoms with van der Waals surface area (Å²) in [6, 6.07) is 12.1. The zero-order valence-corrected chi connectivity index (χ0v) is 15.7. The smallest absolute Gasteiger partial charge is 0.320 e. The molecule has 0 aliphatic carbocycles. The van der Waals surface area contributed by atoms with E-state index in [1.807, 2.05) is 0 Å². The number of rotatable bonds is 8. The fourth-order valence-corrected chi connectivity index (χ4v) is 2.84. The summed E-state index contributed by atoms with van der Waals surface area (Å²) in [4.78, 5) is 12.8. The van der Waals surface area contributed by atoms with Crippen LogP contribution in [0.25, 0.3) is 0 Å². The van der Waals surface area contributed by atoms with Crippen molar-refractivity contribution in [2.45, 2.75) is 31.7 Å². The zero-order chi connectivity index (χ0) is 18.4. The third-order valence-electron chi connectivity index (χ3n) is 4.57. The van der Waals surface area contributed by atoms with Crippen molar-refractivity contribution in [3.63, 3.8) is 0 Å². The highest BCUT2D eigenvalue weighted by Gasteiger charge is 2.18. The number of benzene rings is 2. The summed E-state index contributed by atoms with van der Waals surface area (Å²) in [7, 11) is 1.78. The van der Waals surface area contributed by atoms with Gasteiger partial charge < -0.3 is 5.11 Å². The molecule has 26 heavy (non-hydrogen) atoms. The summed E-state index contributed by atoms with van der Waals surface area (Å²) in [5.41, 5.74) is 1.92. The molecule has 3 nitrogen and oxygen atoms in total. The van der Waals surface area contributed by atoms with Crippen LogP contribution in [-0.4, -0.2) is 35.6 Å². The molecule has 0 radical (unpaired) electrons. The minimum atomic E-state index is -0.851. The van der Waals surface area contributed by atoms with Crippen LogP contribution in [0.4, 0.5) is 8.78 Å². The summed E-state index contributed by atoms with van der Waals surface area (Å²) < 4.78 is 26.4. The molecule has 0 fully saturated rings. The molecule has 2 aromatic rings. The molecule has 2 rings (SSSR count). The highest BCUT2D eigenvalue weighted by atomic mass is 35.5. The van der Waals surface area contributed by atoms with Gasteiger partial charge in [-0.25, -0.2) is 8.78 Å². The van der Waals surface area contributed by atoms with Crippen molar-refractivity contribution >= 4 is 18.4 Å². The van der Waals surface area contributed by atoms with E-state index in [1.165, 1.54) is 24.3 Å². The molecule has 0 aliphatic heterocycles. The zero-order valence-electron chi connectivity index (χ0n) is 14.9. The molecule has 0 bridgehead atoms. The number of carboxylic acid groups (broad SMARTS) is 1. The van der Waals surface area contributed by atoms with Crippen LogP contribution >= 0.6 is 12.4 Å². The van der Waals surface area contributed by atoms with Crippen LogP contribution in [-0.2, 0) is 4.79 Å². The molecule has 1 unspecified atom stereocenters. The first-order valence-electron chi connectivity index (χ1n) is 8.32. The van der Waals surface area contributed by atoms with Gasteiger partial charge in [-0.1, -0.05) is 24.3 Å². The average Bonchev–Trinajstić information content (AvgIpc) is 2.60. The Bertz CT molecular complexity index is 646. The van der Waals surface area contributed by atoms with Crippen LogP contribution in [0.3, 0.4) is 0 Å². The maximum atomic E-state index is 13.2. The van der Waals surface area contributed by atoms with Gasteiger partial charge in [0.15, 0.2) is 0 Å². The van der Waals surface area contributed by atoms with E-state index in [-0.39, 0.29) is 30.0 Å². The predicted octanol–water partition coefficient (Wildman–Crippen LogP) is 4.70. The number of hydrogen-bond donors (Lipinski definition) is 1. The van der Waals surface area contributed by atoms with Crippen LogP contribution in [0.2, 0.25) is 0 Å². The second-order valence-corrected chi connectivity index (χ2v) is 6.29. The predicted molar refractivity (Wildman–Crippen MR) is 101 cm³/mol. The van der Waals surface area contributed by atoms with E-state index in [1.54, 1.807) is 43.1 Å². The van der Waals surface area contributed by atoms with Crippen molar-refractivity contribution in [1.82, 2.24) is 4.90 Å². The SMILES string of the molecule is CC(C(=O)O)N(C)CCCC(c1ccc(F)cc1)c1ccc(F)cc1.Cl. The molecule has 0 aromatic heterocycles. The highest BCUT2D eigenvalue weighted by molar-refractivity contribution is 5.85. The second-order valence-electron chi connectivity index (χ2n) is 6.29. The number of likely N-dealkylation sites (N-methyl/N-ethyl adjacent to an activating group) is 1. The Morgan fingerprint density at radius 2 is 1.42 bits per heavy atom. The van der Waals surface area contributed by atoms with Crippen molar-refractivity contribution in [3.8, 4) is 0 Å². The lowest BCUT2D eigenvalue weighted by Gasteiger charge is -2.23. The summed E-state index contributed by atoms with van der Waals surface area (Å²) in [5.74, 6) is -1.43. The monoisotopic (exact) mass is 383 g/mol. The van der Waals surface area contributed by atoms with E-state index in [9.17, 15) is 13.6 Å². The van der Waals surface area contributed by atoms with Crippen molar-refractivity contribution < 1.29 is 18.7 Å². The van der Waals surface area contributed by atoms with Crippen LogP contribution in [0, 0.1) is 11.6 Å². The largest absolute Gasteiger partial charge is 0.480 e. The summed E-state index contributed by atoms with van der Waals surface area (Å²) in [6.45, 7) is 2.28. The summed E-state index contributed by atoms with van der Waals surface area (Å²) in [6.07, 6.45) is 1.53. The fraction of sp³-hybridized carbons (Fsp3) is 0.350. The first-order valence-corrected chi connectivity index (χ1v) is 8.32. The molecule has 0 amide bonds. The van der Waals surface area contributed by atoms with Gasteiger partial charge in [0.1, 0.15) is 17.7 Å². The molecule has 6 heteroatoms. The quantitative estimate of drug-likeness (QED) is 0.718. The standard InChI is InChI=1S/C20H23F2NO2.ClH/c1-14(20(24)25)23(2)13-3-4-19(15-5-9-17(21)10-6-15)16-7-11-18(22)12-8-16;/h5-12,14,19H,3-4,13H2,1-2H3,(H,24,25);1H. The van der Waals surface area contributed by atoms with E-state index in [0.29, 0.717) is 6.54 Å². The maximum Gasteiger partial charge on any atom is 0.320 e. The van der Waals surface area contributed by atoms with Crippen molar-refractivity contribution in [2.24, 2.45) is 0 Å². The van der Waals surface area contributed by atoms with Gasteiger partial charge in [-0.3, -0.25) is 9.69 Å². The number of nitrogens with zero attached hydrogens (tertiary/aromatic N) is 1. The summed E-state index contributed by atoms with van der Waals surface area (Å²) >= 11 is 0. The molecule has 1 atom stereocenters. The van der Waals surface area contributed by atoms with E-state index < -0.39 is 12.0 Å². The van der Waals surface area contributed by atoms with Crippen LogP contribution in [0.1, 0.15) is 36.8 Å². The Balaban J connectivity index is 0.00000338. The molecule has 0 heterocycles. The van der Waals surface area contributed by atoms with Gasteiger partial charge in [-0.15, -0.1) is 12.4 Å². The van der Waals surface area contributed by atoms with Gasteiger partial charge in [0.2, 0.25) is 0 Å². The molecular formula is C20H24ClF2NO2. The van der Waals surface area contributed by atoms with Crippen molar-refractivity contribution in [2.75, 3.05) is 13.6 Å². The number of carbonyl (C=O) groups is 1. The molecular weight excluding hydrogens is 360 g/mol. The number of carboxylic acids is 1. The first-order chi connectivity index (χ1) is 11.9. The lowest BCUT2D eigenvalue weighted by Crippen LogP contribution is -2.36. The molecule has 0 saturated heterocycles. The van der Waals surface area contributed by atoms with Crippen molar-refractivity contribution in [3.05, 3.63) is 71.3 Å². The second kappa shape index (κ2) is 10.2. The maximum absolute atomic E-state index is 13.2. The van der Waals surface area contributed by atoms with Gasteiger partial charge in [-0.05, 0) is 68.8 Å². The Kier molecular flexibility index (Phi) is 8.69. The Labute approximate surface area is 159 Å². The minimum Gasteiger partial charge on any atom is -0.480 e. The minimum absolute atomic E-state index is 0. The van der Waals surface area contributed by atoms with E-state index >= 15 is 0 Å². The van der Waals surface area contributed by atoms with Crippen LogP contribution in [0.15, 0.2) is 48.5 Å². The molecule has 1 N–H and O–H groups in total. The average molecular weight is 384 g/mol. The van der Waals surface area contributed by atoms with Gasteiger partial charge in [0, 0.05) is 5.92 Å². The Hall–Kier alpha value is -1.98. The topological polar surface area (TPSA) is 40.5 Å². The van der Waals surface area contributed by atoms with E-state index in [2.05, 4.69) is 0 Å². The normalized spacial score (nSPS) is 12.1. The van der Waals surface area contributed by atoms with Gasteiger partial charge in [0.25, 0.3) is 0 Å². The lowest BCUT2D eigenvalue weighted by molar-refractivity contribution is -0.142. The highest BCUT2D eigenvalue weighted by Crippen LogP contribution is 2.29. The fourth-order valence-electron chi connectivity index (χ4n) is 2.84. The molecule has 2 aromatic carbocycles. The number of hydrogen-bond acceptors (Lipinski definition) is 2. The Morgan fingerprint density at radius 3 is 1.81 bits per heavy atom. The molecule has 0 saturated carbocycles. The molecule has 0 aliphatic rings. The lowest BCUT2D eigenvalue weighted by atomic mass is 9.87. The third kappa shape index (κ3) is 6.07. The number of halogens is 3. The number of aliphatic carboxylic acids is 1. The van der Waals surface area contributed by atoms with Gasteiger partial charge in [0.05, 0.1) is 0 Å². The van der Waals surface area contributed by atoms with Gasteiger partial charge in [-0.2, -0.15) is 0 Å². The van der Waals surface area contributed by atoms with Crippen LogP contribution < -0.4 is 0 Å². The molecule has 142 valence electrons. The third-order valence-corrected chi connectivity index (χ3v) is 4.57. The Morgan fingerprint density at radius 1 is 1.00 bits per heavy atom. The van der Waals surface area contributed by atoms with E-state index in [0.717, 1.165) is 24.0 Å². The van der Waals surface area contributed by atoms with Crippen LogP contribution in [0.5, 0.6) is 0 Å². The summed E-state index contributed by atoms with van der Waals surface area (Å²) in [5, 5.41) is 9.06. The van der Waals surface area contributed by atoms with Crippen molar-refractivity contribution in [1.29, 1.82) is 0 Å². The van der Waals surface area contributed by atoms with E-state index in [4.69, 9.17) is 5.11 Å². The molecule has 0 spiro atoms. The van der Waals surface area contributed by atoms with Gasteiger partial charge >= 0.3 is 5.97 Å². The first kappa shape index (κ1) is 22.1.